The van der Waals surface area contributed by atoms with Crippen LogP contribution in [-0.2, 0) is 68.2 Å². The van der Waals surface area contributed by atoms with Crippen molar-refractivity contribution in [3.05, 3.63) is 154 Å². The third-order valence-corrected chi connectivity index (χ3v) is 16.3. The summed E-state index contributed by atoms with van der Waals surface area (Å²) in [7, 11) is 0. The van der Waals surface area contributed by atoms with Crippen LogP contribution in [0.15, 0.2) is 126 Å². The van der Waals surface area contributed by atoms with Crippen molar-refractivity contribution in [1.29, 1.82) is 0 Å². The highest BCUT2D eigenvalue weighted by molar-refractivity contribution is 5.90. The Balaban J connectivity index is 1.23. The Kier molecular flexibility index (Phi) is 26.7. The summed E-state index contributed by atoms with van der Waals surface area (Å²) in [6.07, 6.45) is -3.61. The number of rotatable bonds is 31. The topological polar surface area (TPSA) is 228 Å². The van der Waals surface area contributed by atoms with Crippen LogP contribution in [0.25, 0.3) is 10.4 Å². The summed E-state index contributed by atoms with van der Waals surface area (Å²) >= 11 is 0. The van der Waals surface area contributed by atoms with Crippen LogP contribution in [0.4, 0.5) is 0 Å². The van der Waals surface area contributed by atoms with E-state index in [1.165, 1.54) is 0 Å². The first kappa shape index (κ1) is 65.7. The van der Waals surface area contributed by atoms with Gasteiger partial charge in [0.2, 0.25) is 0 Å². The van der Waals surface area contributed by atoms with Crippen molar-refractivity contribution in [3.63, 3.8) is 0 Å². The number of hydrogen-bond acceptors (Lipinski definition) is 17. The molecule has 2 aliphatic heterocycles. The minimum Gasteiger partial charge on any atom is -0.459 e. The maximum absolute atomic E-state index is 14.9. The third-order valence-electron chi connectivity index (χ3n) is 16.3. The van der Waals surface area contributed by atoms with Gasteiger partial charge in [-0.1, -0.05) is 169 Å². The lowest BCUT2D eigenvalue weighted by Gasteiger charge is -2.49. The number of esters is 4. The zero-order valence-corrected chi connectivity index (χ0v) is 50.2. The normalized spacial score (nSPS) is 27.2. The number of benzene rings is 4. The Hall–Kier alpha value is -6.25. The largest absolute Gasteiger partial charge is 0.459 e. The molecular weight excluding hydrogens is 1100 g/mol. The van der Waals surface area contributed by atoms with Gasteiger partial charge in [0.15, 0.2) is 30.9 Å². The average molecular weight is 1190 g/mol. The molecule has 2 heterocycles. The molecule has 0 amide bonds. The van der Waals surface area contributed by atoms with E-state index in [0.717, 1.165) is 76.2 Å². The first-order chi connectivity index (χ1) is 42.1. The van der Waals surface area contributed by atoms with Crippen molar-refractivity contribution in [2.45, 2.75) is 216 Å². The van der Waals surface area contributed by atoms with E-state index in [1.54, 1.807) is 91.0 Å². The Morgan fingerprint density at radius 1 is 0.558 bits per heavy atom. The third kappa shape index (κ3) is 18.9. The van der Waals surface area contributed by atoms with Crippen molar-refractivity contribution >= 4 is 23.9 Å². The van der Waals surface area contributed by atoms with Crippen LogP contribution in [0.5, 0.6) is 0 Å². The predicted molar refractivity (Wildman–Crippen MR) is 318 cm³/mol. The maximum atomic E-state index is 14.9. The molecule has 14 atom stereocenters. The van der Waals surface area contributed by atoms with Gasteiger partial charge in [0.1, 0.15) is 43.7 Å². The number of azide groups is 1. The second kappa shape index (κ2) is 34.9. The molecule has 11 unspecified atom stereocenters. The van der Waals surface area contributed by atoms with Gasteiger partial charge in [-0.05, 0) is 98.9 Å². The van der Waals surface area contributed by atoms with Crippen LogP contribution in [0.1, 0.15) is 161 Å². The van der Waals surface area contributed by atoms with Crippen LogP contribution in [0, 0.1) is 5.92 Å². The second-order valence-corrected chi connectivity index (χ2v) is 22.7. The fourth-order valence-corrected chi connectivity index (χ4v) is 11.6. The van der Waals surface area contributed by atoms with Gasteiger partial charge in [-0.3, -0.25) is 0 Å². The molecule has 2 saturated heterocycles. The number of ether oxygens (including phenoxy) is 12. The van der Waals surface area contributed by atoms with Gasteiger partial charge in [-0.25, -0.2) is 19.2 Å². The van der Waals surface area contributed by atoms with Gasteiger partial charge in [0.05, 0.1) is 41.0 Å². The molecule has 86 heavy (non-hydrogen) atoms. The number of nitrogens with zero attached hydrogens (tertiary/aromatic N) is 3. The molecule has 466 valence electrons. The highest BCUT2D eigenvalue weighted by Crippen LogP contribution is 2.39. The molecule has 0 aromatic heterocycles. The lowest BCUT2D eigenvalue weighted by Crippen LogP contribution is -2.65. The Labute approximate surface area is 505 Å². The summed E-state index contributed by atoms with van der Waals surface area (Å²) in [5, 5.41) is 4.29. The van der Waals surface area contributed by atoms with Gasteiger partial charge in [-0.2, -0.15) is 0 Å². The molecule has 0 radical (unpaired) electrons. The Morgan fingerprint density at radius 2 is 1.09 bits per heavy atom. The van der Waals surface area contributed by atoms with E-state index in [9.17, 15) is 24.7 Å². The van der Waals surface area contributed by atoms with Crippen molar-refractivity contribution in [1.82, 2.24) is 0 Å². The van der Waals surface area contributed by atoms with Gasteiger partial charge in [-0.15, -0.1) is 0 Å². The monoisotopic (exact) mass is 1190 g/mol. The number of hydrogen-bond donors (Lipinski definition) is 0. The lowest BCUT2D eigenvalue weighted by molar-refractivity contribution is -0.351. The molecule has 8 rings (SSSR count). The molecule has 2 aliphatic carbocycles. The van der Waals surface area contributed by atoms with Gasteiger partial charge in [0.25, 0.3) is 0 Å². The average Bonchev–Trinajstić information content (AvgIpc) is 1.18. The smallest absolute Gasteiger partial charge is 0.338 e. The van der Waals surface area contributed by atoms with Crippen molar-refractivity contribution in [2.24, 2.45) is 11.0 Å². The molecule has 19 nitrogen and oxygen atoms in total. The van der Waals surface area contributed by atoms with Crippen molar-refractivity contribution in [3.8, 4) is 0 Å². The number of carbonyl (C=O) groups excluding carboxylic acids is 4. The molecule has 4 aliphatic rings. The lowest BCUT2D eigenvalue weighted by atomic mass is 9.85. The quantitative estimate of drug-likeness (QED) is 0.0114. The van der Waals surface area contributed by atoms with E-state index >= 15 is 0 Å². The van der Waals surface area contributed by atoms with Crippen LogP contribution in [-0.4, -0.2) is 136 Å². The summed E-state index contributed by atoms with van der Waals surface area (Å²) in [5.74, 6) is -2.98. The standard InChI is InChI=1S/C67H87N3O16/c1-5-8-39-75-55-45(4)80-66(60(77-41-10-7-3)58(55)76-40-9-6-2)86-56-51(69-70-68)37-26-38-52(56)82-67-61(85-64(73)50-35-24-15-25-36-50)59(81-53(42-46-27-16-11-17-28-46)65(74)78-43-47-29-18-12-19-30-47)57(84-63(72)49-33-22-14-23-34-49)54(83-67)44-79-62(71)48-31-20-13-21-32-48/h12-15,18-25,29-36,45-46,51-61,66-67H,5-11,16-17,26-28,37-44H2,1-4H3/t45?,51?,52?,53-,54?,55+,56?,57?,58?,59?,60?,61?,66-,67?/m0/s1. The van der Waals surface area contributed by atoms with E-state index in [1.807, 2.05) is 37.3 Å². The highest BCUT2D eigenvalue weighted by Gasteiger charge is 2.56. The molecule has 2 saturated carbocycles. The fourth-order valence-electron chi connectivity index (χ4n) is 11.6. The van der Waals surface area contributed by atoms with Crippen LogP contribution >= 0.6 is 0 Å². The summed E-state index contributed by atoms with van der Waals surface area (Å²) in [6, 6.07) is 33.4. The van der Waals surface area contributed by atoms with E-state index < -0.39 is 116 Å². The van der Waals surface area contributed by atoms with Crippen LogP contribution in [0.2, 0.25) is 0 Å². The van der Waals surface area contributed by atoms with E-state index in [-0.39, 0.29) is 35.6 Å². The minimum atomic E-state index is -1.64. The highest BCUT2D eigenvalue weighted by atomic mass is 16.8. The zero-order valence-electron chi connectivity index (χ0n) is 50.2. The van der Waals surface area contributed by atoms with E-state index in [2.05, 4.69) is 30.8 Å². The molecule has 19 heteroatoms. The van der Waals surface area contributed by atoms with Crippen molar-refractivity contribution in [2.75, 3.05) is 26.4 Å². The SMILES string of the molecule is CCCCOC1C(OCCCC)[C@H](OCCCC)C(C)O[C@H]1OC1C(N=[N+]=[N-])CCCC1OC1OC(COC(=O)c2ccccc2)C(OC(=O)c2ccccc2)C(O[C@@H](CC2CCCCC2)C(=O)OCc2ccccc2)C1OC(=O)c1ccccc1. The van der Waals surface area contributed by atoms with Crippen LogP contribution < -0.4 is 0 Å². The van der Waals surface area contributed by atoms with E-state index in [4.69, 9.17) is 56.8 Å². The molecule has 0 bridgehead atoms. The summed E-state index contributed by atoms with van der Waals surface area (Å²) in [4.78, 5) is 61.5. The van der Waals surface area contributed by atoms with E-state index in [0.29, 0.717) is 39.1 Å². The molecule has 0 spiro atoms. The summed E-state index contributed by atoms with van der Waals surface area (Å²) in [6.45, 7) is 8.89. The molecule has 4 aromatic carbocycles. The predicted octanol–water partition coefficient (Wildman–Crippen LogP) is 12.4. The summed E-state index contributed by atoms with van der Waals surface area (Å²) in [5.41, 5.74) is 11.5. The first-order valence-electron chi connectivity index (χ1n) is 31.2. The molecular formula is C67H87N3O16. The van der Waals surface area contributed by atoms with Gasteiger partial charge < -0.3 is 56.8 Å². The first-order valence-corrected chi connectivity index (χ1v) is 31.2. The molecule has 4 fully saturated rings. The fraction of sp³-hybridized carbons (Fsp3) is 0.582. The Morgan fingerprint density at radius 3 is 1.67 bits per heavy atom. The van der Waals surface area contributed by atoms with Crippen LogP contribution in [0.3, 0.4) is 0 Å². The van der Waals surface area contributed by atoms with Gasteiger partial charge in [0, 0.05) is 24.7 Å². The maximum Gasteiger partial charge on any atom is 0.338 e. The summed E-state index contributed by atoms with van der Waals surface area (Å²) < 4.78 is 80.4. The van der Waals surface area contributed by atoms with Gasteiger partial charge >= 0.3 is 23.9 Å². The van der Waals surface area contributed by atoms with Crippen molar-refractivity contribution < 1.29 is 76.0 Å². The second-order valence-electron chi connectivity index (χ2n) is 22.7. The Bertz CT molecular complexity index is 2700. The number of unbranched alkanes of at least 4 members (excludes halogenated alkanes) is 3. The minimum absolute atomic E-state index is 0.0373. The molecule has 4 aromatic rings. The molecule has 0 N–H and O–H groups in total. The number of carbonyl (C=O) groups is 4. The zero-order chi connectivity index (χ0) is 60.5.